The van der Waals surface area contributed by atoms with E-state index in [1.54, 1.807) is 56.6 Å². The summed E-state index contributed by atoms with van der Waals surface area (Å²) in [6.07, 6.45) is 3.11. The lowest BCUT2D eigenvalue weighted by molar-refractivity contribution is 0.0491. The zero-order valence-electron chi connectivity index (χ0n) is 13.3. The molecule has 0 atom stereocenters. The summed E-state index contributed by atoms with van der Waals surface area (Å²) in [6.45, 7) is 3.82. The Morgan fingerprint density at radius 3 is 2.67 bits per heavy atom. The van der Waals surface area contributed by atoms with Crippen LogP contribution in [0.1, 0.15) is 33.4 Å². The van der Waals surface area contributed by atoms with Gasteiger partial charge in [0.25, 0.3) is 5.91 Å². The minimum absolute atomic E-state index is 0.185. The van der Waals surface area contributed by atoms with Crippen molar-refractivity contribution in [1.29, 1.82) is 0 Å². The summed E-state index contributed by atoms with van der Waals surface area (Å²) in [7, 11) is 0. The van der Waals surface area contributed by atoms with Gasteiger partial charge in [0.1, 0.15) is 5.58 Å². The summed E-state index contributed by atoms with van der Waals surface area (Å²) in [5.74, 6) is -0.552. The van der Waals surface area contributed by atoms with E-state index in [0.29, 0.717) is 16.8 Å². The molecule has 2 aromatic heterocycles. The van der Waals surface area contributed by atoms with Crippen LogP contribution in [0, 0.1) is 6.92 Å². The second-order valence-corrected chi connectivity index (χ2v) is 5.18. The van der Waals surface area contributed by atoms with Crippen molar-refractivity contribution >= 4 is 28.5 Å². The van der Waals surface area contributed by atoms with Crippen LogP contribution in [-0.2, 0) is 4.74 Å². The SMILES string of the molecule is CCOC(=O)c1oc2cc(NC(=O)c3ccncc3)ccc2c1C. The number of carbonyl (C=O) groups is 2. The number of rotatable bonds is 4. The Morgan fingerprint density at radius 2 is 1.96 bits per heavy atom. The molecule has 0 saturated heterocycles. The molecule has 0 aliphatic heterocycles. The number of hydrogen-bond donors (Lipinski definition) is 1. The van der Waals surface area contributed by atoms with Gasteiger partial charge in [-0.1, -0.05) is 0 Å². The fourth-order valence-electron chi connectivity index (χ4n) is 2.40. The van der Waals surface area contributed by atoms with Gasteiger partial charge in [0.05, 0.1) is 6.61 Å². The highest BCUT2D eigenvalue weighted by Gasteiger charge is 2.19. The number of nitrogens with one attached hydrogen (secondary N) is 1. The minimum atomic E-state index is -0.492. The van der Waals surface area contributed by atoms with Gasteiger partial charge in [0.2, 0.25) is 5.76 Å². The normalized spacial score (nSPS) is 10.6. The molecule has 0 spiro atoms. The molecule has 122 valence electrons. The molecule has 0 aliphatic rings. The molecule has 3 rings (SSSR count). The second kappa shape index (κ2) is 6.54. The second-order valence-electron chi connectivity index (χ2n) is 5.18. The maximum absolute atomic E-state index is 12.2. The molecule has 1 amide bonds. The monoisotopic (exact) mass is 324 g/mol. The van der Waals surface area contributed by atoms with Gasteiger partial charge in [-0.25, -0.2) is 4.79 Å². The Balaban J connectivity index is 1.89. The first-order chi connectivity index (χ1) is 11.6. The molecule has 6 heteroatoms. The Labute approximate surface area is 138 Å². The largest absolute Gasteiger partial charge is 0.460 e. The van der Waals surface area contributed by atoms with E-state index in [4.69, 9.17) is 9.15 Å². The number of fused-ring (bicyclic) bond motifs is 1. The average molecular weight is 324 g/mol. The maximum atomic E-state index is 12.2. The van der Waals surface area contributed by atoms with Crippen LogP contribution in [0.15, 0.2) is 47.1 Å². The van der Waals surface area contributed by atoms with Crippen molar-refractivity contribution < 1.29 is 18.7 Å². The summed E-state index contributed by atoms with van der Waals surface area (Å²) in [5.41, 5.74) is 2.32. The number of carbonyl (C=O) groups excluding carboxylic acids is 2. The molecular formula is C18H16N2O4. The van der Waals surface area contributed by atoms with Gasteiger partial charge in [0, 0.05) is 40.7 Å². The quantitative estimate of drug-likeness (QED) is 0.742. The van der Waals surface area contributed by atoms with Crippen molar-refractivity contribution in [2.75, 3.05) is 11.9 Å². The topological polar surface area (TPSA) is 81.4 Å². The summed E-state index contributed by atoms with van der Waals surface area (Å²) in [5, 5.41) is 3.60. The van der Waals surface area contributed by atoms with E-state index in [1.807, 2.05) is 0 Å². The Bertz CT molecular complexity index is 900. The number of esters is 1. The number of benzene rings is 1. The van der Waals surface area contributed by atoms with Gasteiger partial charge < -0.3 is 14.5 Å². The third kappa shape index (κ3) is 2.99. The molecular weight excluding hydrogens is 308 g/mol. The number of aromatic nitrogens is 1. The molecule has 3 aromatic rings. The Morgan fingerprint density at radius 1 is 1.21 bits per heavy atom. The van der Waals surface area contributed by atoms with Crippen LogP contribution in [0.3, 0.4) is 0 Å². The molecule has 6 nitrogen and oxygen atoms in total. The maximum Gasteiger partial charge on any atom is 0.374 e. The van der Waals surface area contributed by atoms with Gasteiger partial charge in [-0.2, -0.15) is 0 Å². The summed E-state index contributed by atoms with van der Waals surface area (Å²) in [4.78, 5) is 27.9. The molecule has 1 N–H and O–H groups in total. The number of hydrogen-bond acceptors (Lipinski definition) is 5. The third-order valence-electron chi connectivity index (χ3n) is 3.60. The Hall–Kier alpha value is -3.15. The van der Waals surface area contributed by atoms with Crippen LogP contribution >= 0.6 is 0 Å². The number of nitrogens with zero attached hydrogens (tertiary/aromatic N) is 1. The molecule has 0 radical (unpaired) electrons. The van der Waals surface area contributed by atoms with Crippen molar-refractivity contribution in [2.24, 2.45) is 0 Å². The summed E-state index contributed by atoms with van der Waals surface area (Å²) < 4.78 is 10.6. The lowest BCUT2D eigenvalue weighted by Gasteiger charge is -2.04. The minimum Gasteiger partial charge on any atom is -0.460 e. The highest BCUT2D eigenvalue weighted by molar-refractivity contribution is 6.05. The van der Waals surface area contributed by atoms with E-state index < -0.39 is 5.97 Å². The molecule has 0 aliphatic carbocycles. The fraction of sp³-hybridized carbons (Fsp3) is 0.167. The van der Waals surface area contributed by atoms with Crippen molar-refractivity contribution in [1.82, 2.24) is 4.98 Å². The van der Waals surface area contributed by atoms with Crippen LogP contribution in [0.25, 0.3) is 11.0 Å². The van der Waals surface area contributed by atoms with E-state index >= 15 is 0 Å². The predicted molar refractivity (Wildman–Crippen MR) is 89.1 cm³/mol. The first-order valence-electron chi connectivity index (χ1n) is 7.51. The van der Waals surface area contributed by atoms with Crippen LogP contribution in [0.4, 0.5) is 5.69 Å². The van der Waals surface area contributed by atoms with E-state index in [9.17, 15) is 9.59 Å². The van der Waals surface area contributed by atoms with Gasteiger partial charge in [0.15, 0.2) is 0 Å². The zero-order chi connectivity index (χ0) is 17.1. The van der Waals surface area contributed by atoms with Crippen LogP contribution in [0.2, 0.25) is 0 Å². The van der Waals surface area contributed by atoms with E-state index in [-0.39, 0.29) is 18.3 Å². The summed E-state index contributed by atoms with van der Waals surface area (Å²) >= 11 is 0. The van der Waals surface area contributed by atoms with E-state index in [0.717, 1.165) is 10.9 Å². The number of ether oxygens (including phenoxy) is 1. The van der Waals surface area contributed by atoms with Gasteiger partial charge in [-0.3, -0.25) is 9.78 Å². The number of pyridine rings is 1. The molecule has 1 aromatic carbocycles. The lowest BCUT2D eigenvalue weighted by Crippen LogP contribution is -2.11. The van der Waals surface area contributed by atoms with Crippen LogP contribution < -0.4 is 5.32 Å². The first kappa shape index (κ1) is 15.7. The number of anilines is 1. The Kier molecular flexibility index (Phi) is 4.29. The zero-order valence-corrected chi connectivity index (χ0v) is 13.3. The summed E-state index contributed by atoms with van der Waals surface area (Å²) in [6, 6.07) is 8.51. The molecule has 0 unspecified atom stereocenters. The number of furan rings is 1. The standard InChI is InChI=1S/C18H16N2O4/c1-3-23-18(22)16-11(2)14-5-4-13(10-15(14)24-16)20-17(21)12-6-8-19-9-7-12/h4-10H,3H2,1-2H3,(H,20,21). The number of amides is 1. The van der Waals surface area contributed by atoms with Crippen LogP contribution in [-0.4, -0.2) is 23.5 Å². The van der Waals surface area contributed by atoms with E-state index in [1.165, 1.54) is 0 Å². The molecule has 0 bridgehead atoms. The van der Waals surface area contributed by atoms with Crippen molar-refractivity contribution in [3.8, 4) is 0 Å². The molecule has 24 heavy (non-hydrogen) atoms. The first-order valence-corrected chi connectivity index (χ1v) is 7.51. The highest BCUT2D eigenvalue weighted by atomic mass is 16.5. The lowest BCUT2D eigenvalue weighted by atomic mass is 10.1. The number of aryl methyl sites for hydroxylation is 1. The van der Waals surface area contributed by atoms with Crippen molar-refractivity contribution in [3.05, 3.63) is 59.6 Å². The molecule has 0 fully saturated rings. The van der Waals surface area contributed by atoms with Crippen molar-refractivity contribution in [3.63, 3.8) is 0 Å². The highest BCUT2D eigenvalue weighted by Crippen LogP contribution is 2.28. The van der Waals surface area contributed by atoms with Gasteiger partial charge >= 0.3 is 5.97 Å². The average Bonchev–Trinajstić information content (AvgIpc) is 2.92. The van der Waals surface area contributed by atoms with Crippen LogP contribution in [0.5, 0.6) is 0 Å². The fourth-order valence-corrected chi connectivity index (χ4v) is 2.40. The van der Waals surface area contributed by atoms with E-state index in [2.05, 4.69) is 10.3 Å². The van der Waals surface area contributed by atoms with Gasteiger partial charge in [-0.05, 0) is 38.1 Å². The molecule has 0 saturated carbocycles. The van der Waals surface area contributed by atoms with Gasteiger partial charge in [-0.15, -0.1) is 0 Å². The third-order valence-corrected chi connectivity index (χ3v) is 3.60. The smallest absolute Gasteiger partial charge is 0.374 e. The van der Waals surface area contributed by atoms with Crippen molar-refractivity contribution in [2.45, 2.75) is 13.8 Å². The predicted octanol–water partition coefficient (Wildman–Crippen LogP) is 3.57. The molecule has 2 heterocycles.